The van der Waals surface area contributed by atoms with Crippen LogP contribution in [0.3, 0.4) is 0 Å². The average molecular weight is 445 g/mol. The van der Waals surface area contributed by atoms with E-state index in [9.17, 15) is 17.9 Å². The van der Waals surface area contributed by atoms with Gasteiger partial charge in [0.2, 0.25) is 10.0 Å². The molecule has 1 atom stereocenters. The molecule has 1 fully saturated rings. The Morgan fingerprint density at radius 1 is 1.33 bits per heavy atom. The van der Waals surface area contributed by atoms with Gasteiger partial charge in [0, 0.05) is 15.5 Å². The van der Waals surface area contributed by atoms with Crippen LogP contribution in [0.4, 0.5) is 4.39 Å². The van der Waals surface area contributed by atoms with Crippen LogP contribution in [-0.4, -0.2) is 36.0 Å². The first kappa shape index (κ1) is 17.3. The predicted molar refractivity (Wildman–Crippen MR) is 85.0 cm³/mol. The van der Waals surface area contributed by atoms with Crippen LogP contribution in [0.1, 0.15) is 26.7 Å². The molecular formula is C13H16Br2FNO3S. The molecule has 1 saturated heterocycles. The third-order valence-electron chi connectivity index (χ3n) is 3.55. The van der Waals surface area contributed by atoms with Gasteiger partial charge in [0.1, 0.15) is 10.7 Å². The van der Waals surface area contributed by atoms with Gasteiger partial charge in [-0.05, 0) is 70.7 Å². The fraction of sp³-hybridized carbons (Fsp3) is 0.538. The van der Waals surface area contributed by atoms with Gasteiger partial charge >= 0.3 is 0 Å². The highest BCUT2D eigenvalue weighted by Crippen LogP contribution is 2.38. The Bertz CT molecular complexity index is 635. The molecule has 0 spiro atoms. The van der Waals surface area contributed by atoms with Gasteiger partial charge in [-0.3, -0.25) is 0 Å². The van der Waals surface area contributed by atoms with Crippen molar-refractivity contribution < 1.29 is 17.9 Å². The standard InChI is InChI=1S/C13H16Br2FNO3S/c1-13(2,18)11-4-3-5-17(11)21(19,20)12-9(14)6-8(16)7-10(12)15/h6-7,11,18H,3-5H2,1-2H3/t11-/m1/s1. The summed E-state index contributed by atoms with van der Waals surface area (Å²) in [6, 6.07) is 1.74. The van der Waals surface area contributed by atoms with Crippen molar-refractivity contribution in [1.82, 2.24) is 4.31 Å². The first-order valence-electron chi connectivity index (χ1n) is 6.44. The van der Waals surface area contributed by atoms with Crippen LogP contribution in [0.5, 0.6) is 0 Å². The lowest BCUT2D eigenvalue weighted by Crippen LogP contribution is -2.48. The van der Waals surface area contributed by atoms with Crippen LogP contribution in [0.2, 0.25) is 0 Å². The zero-order valence-corrected chi connectivity index (χ0v) is 15.6. The maximum Gasteiger partial charge on any atom is 0.245 e. The monoisotopic (exact) mass is 443 g/mol. The number of hydrogen-bond acceptors (Lipinski definition) is 3. The van der Waals surface area contributed by atoms with Crippen molar-refractivity contribution in [2.75, 3.05) is 6.54 Å². The summed E-state index contributed by atoms with van der Waals surface area (Å²) in [7, 11) is -3.84. The van der Waals surface area contributed by atoms with E-state index in [1.165, 1.54) is 4.31 Å². The maximum absolute atomic E-state index is 13.3. The van der Waals surface area contributed by atoms with Crippen LogP contribution in [0, 0.1) is 5.82 Å². The molecule has 1 aromatic rings. The molecule has 0 bridgehead atoms. The molecule has 0 unspecified atom stereocenters. The molecule has 1 aliphatic rings. The lowest BCUT2D eigenvalue weighted by molar-refractivity contribution is 0.0214. The van der Waals surface area contributed by atoms with E-state index in [0.29, 0.717) is 19.4 Å². The Labute approximate surface area is 140 Å². The van der Waals surface area contributed by atoms with Crippen molar-refractivity contribution in [3.63, 3.8) is 0 Å². The highest BCUT2D eigenvalue weighted by molar-refractivity contribution is 9.11. The second-order valence-corrected chi connectivity index (χ2v) is 9.16. The summed E-state index contributed by atoms with van der Waals surface area (Å²) < 4.78 is 40.7. The number of sulfonamides is 1. The number of aliphatic hydroxyl groups is 1. The van der Waals surface area contributed by atoms with Crippen molar-refractivity contribution in [2.45, 2.75) is 43.2 Å². The maximum atomic E-state index is 13.3. The minimum absolute atomic E-state index is 0.0138. The van der Waals surface area contributed by atoms with Gasteiger partial charge in [-0.2, -0.15) is 4.31 Å². The Morgan fingerprint density at radius 3 is 2.33 bits per heavy atom. The largest absolute Gasteiger partial charge is 0.389 e. The van der Waals surface area contributed by atoms with Crippen molar-refractivity contribution >= 4 is 41.9 Å². The van der Waals surface area contributed by atoms with E-state index in [4.69, 9.17) is 0 Å². The molecule has 2 rings (SSSR count). The van der Waals surface area contributed by atoms with Crippen LogP contribution < -0.4 is 0 Å². The summed E-state index contributed by atoms with van der Waals surface area (Å²) in [6.45, 7) is 3.54. The molecule has 1 heterocycles. The average Bonchev–Trinajstić information content (AvgIpc) is 2.75. The Kier molecular flexibility index (Phi) is 4.86. The van der Waals surface area contributed by atoms with Crippen molar-refractivity contribution in [1.29, 1.82) is 0 Å². The van der Waals surface area contributed by atoms with Gasteiger partial charge in [0.25, 0.3) is 0 Å². The van der Waals surface area contributed by atoms with Crippen LogP contribution >= 0.6 is 31.9 Å². The van der Waals surface area contributed by atoms with Crippen LogP contribution in [-0.2, 0) is 10.0 Å². The first-order chi connectivity index (χ1) is 9.55. The first-order valence-corrected chi connectivity index (χ1v) is 9.46. The number of benzene rings is 1. The van der Waals surface area contributed by atoms with E-state index in [0.717, 1.165) is 12.1 Å². The summed E-state index contributed by atoms with van der Waals surface area (Å²) in [5, 5.41) is 10.2. The van der Waals surface area contributed by atoms with E-state index in [1.807, 2.05) is 0 Å². The van der Waals surface area contributed by atoms with E-state index in [1.54, 1.807) is 13.8 Å². The Hall–Kier alpha value is -0.0200. The van der Waals surface area contributed by atoms with Gasteiger partial charge in [-0.25, -0.2) is 12.8 Å². The minimum atomic E-state index is -3.84. The molecule has 4 nitrogen and oxygen atoms in total. The molecule has 21 heavy (non-hydrogen) atoms. The lowest BCUT2D eigenvalue weighted by atomic mass is 9.98. The third kappa shape index (κ3) is 3.34. The molecule has 8 heteroatoms. The fourth-order valence-electron chi connectivity index (χ4n) is 2.63. The lowest BCUT2D eigenvalue weighted by Gasteiger charge is -2.33. The molecular weight excluding hydrogens is 429 g/mol. The van der Waals surface area contributed by atoms with Gasteiger partial charge in [-0.15, -0.1) is 0 Å². The number of nitrogens with zero attached hydrogens (tertiary/aromatic N) is 1. The molecule has 1 aliphatic heterocycles. The highest BCUT2D eigenvalue weighted by Gasteiger charge is 2.43. The number of rotatable bonds is 3. The zero-order chi connectivity index (χ0) is 16.0. The zero-order valence-electron chi connectivity index (χ0n) is 11.6. The molecule has 0 saturated carbocycles. The summed E-state index contributed by atoms with van der Waals surface area (Å²) in [5.41, 5.74) is -1.14. The molecule has 0 aliphatic carbocycles. The normalized spacial score (nSPS) is 21.0. The summed E-state index contributed by atoms with van der Waals surface area (Å²) >= 11 is 6.23. The fourth-order valence-corrected chi connectivity index (χ4v) is 6.90. The summed E-state index contributed by atoms with van der Waals surface area (Å²) in [6.07, 6.45) is 1.28. The molecule has 118 valence electrons. The van der Waals surface area contributed by atoms with E-state index in [-0.39, 0.29) is 13.8 Å². The number of hydrogen-bond donors (Lipinski definition) is 1. The van der Waals surface area contributed by atoms with Gasteiger partial charge in [0.05, 0.1) is 11.6 Å². The Balaban J connectivity index is 2.53. The van der Waals surface area contributed by atoms with E-state index < -0.39 is 27.5 Å². The smallest absolute Gasteiger partial charge is 0.245 e. The van der Waals surface area contributed by atoms with Gasteiger partial charge < -0.3 is 5.11 Å². The molecule has 0 amide bonds. The predicted octanol–water partition coefficient (Wildman–Crippen LogP) is 3.27. The van der Waals surface area contributed by atoms with Crippen molar-refractivity contribution in [3.05, 3.63) is 26.9 Å². The van der Waals surface area contributed by atoms with Crippen LogP contribution in [0.15, 0.2) is 26.0 Å². The molecule has 0 aromatic heterocycles. The SMILES string of the molecule is CC(C)(O)[C@H]1CCCN1S(=O)(=O)c1c(Br)cc(F)cc1Br. The minimum Gasteiger partial charge on any atom is -0.389 e. The number of halogens is 3. The molecule has 1 N–H and O–H groups in total. The third-order valence-corrected chi connectivity index (χ3v) is 7.33. The van der Waals surface area contributed by atoms with Crippen molar-refractivity contribution in [2.24, 2.45) is 0 Å². The van der Waals surface area contributed by atoms with Crippen LogP contribution in [0.25, 0.3) is 0 Å². The second-order valence-electron chi connectivity index (χ2n) is 5.63. The van der Waals surface area contributed by atoms with Gasteiger partial charge in [0.15, 0.2) is 0 Å². The molecule has 0 radical (unpaired) electrons. The summed E-state index contributed by atoms with van der Waals surface area (Å²) in [5.74, 6) is -0.534. The van der Waals surface area contributed by atoms with Crippen molar-refractivity contribution in [3.8, 4) is 0 Å². The van der Waals surface area contributed by atoms with E-state index >= 15 is 0 Å². The summed E-state index contributed by atoms with van der Waals surface area (Å²) in [4.78, 5) is -0.0138. The quantitative estimate of drug-likeness (QED) is 0.778. The highest BCUT2D eigenvalue weighted by atomic mass is 79.9. The van der Waals surface area contributed by atoms with E-state index in [2.05, 4.69) is 31.9 Å². The Morgan fingerprint density at radius 2 is 1.86 bits per heavy atom. The second kappa shape index (κ2) is 5.88. The topological polar surface area (TPSA) is 57.6 Å². The molecule has 1 aromatic carbocycles. The van der Waals surface area contributed by atoms with Gasteiger partial charge in [-0.1, -0.05) is 0 Å².